The summed E-state index contributed by atoms with van der Waals surface area (Å²) in [4.78, 5) is 59.3. The van der Waals surface area contributed by atoms with Gasteiger partial charge in [-0.25, -0.2) is 9.97 Å². The molecule has 0 atom stereocenters. The Morgan fingerprint density at radius 1 is 1.18 bits per heavy atom. The van der Waals surface area contributed by atoms with Crippen LogP contribution in [0.4, 0.5) is 11.4 Å². The van der Waals surface area contributed by atoms with Gasteiger partial charge in [0.25, 0.3) is 11.5 Å². The number of amides is 2. The molecule has 0 bridgehead atoms. The van der Waals surface area contributed by atoms with E-state index < -0.39 is 17.4 Å². The average molecular weight is 715 g/mol. The van der Waals surface area contributed by atoms with Crippen LogP contribution >= 0.6 is 22.9 Å². The summed E-state index contributed by atoms with van der Waals surface area (Å²) in [5.74, 6) is -0.549. The molecule has 4 aromatic heterocycles. The van der Waals surface area contributed by atoms with E-state index in [-0.39, 0.29) is 41.9 Å². The number of piperazine rings is 1. The lowest BCUT2D eigenvalue weighted by molar-refractivity contribution is -0.116. The van der Waals surface area contributed by atoms with Crippen molar-refractivity contribution in [2.24, 2.45) is 0 Å². The molecule has 5 aromatic rings. The number of carbonyl (C=O) groups excluding carboxylic acids is 2. The van der Waals surface area contributed by atoms with Crippen LogP contribution in [0.1, 0.15) is 44.8 Å². The zero-order chi connectivity index (χ0) is 35.1. The molecule has 2 aliphatic heterocycles. The standard InChI is InChI=1S/C33H31ClN10O5S/c1-3-23-28(41-7-9-42(10-8-41)31(47)27-29(46)18(2)36-17-37-27)32(48)44-33(39-30(40-44)24-13-20-6-11-49-16-25(20)50-24)43(23)15-26(45)38-22-5-4-19(14-35)12-21(22)34/h4-5,12-13,17,46H,3,6-11,15-16H2,1-2H3,(H,38,45). The first kappa shape index (κ1) is 33.1. The number of nitrogens with one attached hydrogen (secondary N) is 1. The molecule has 0 aliphatic carbocycles. The summed E-state index contributed by atoms with van der Waals surface area (Å²) in [6.45, 7) is 5.53. The topological polar surface area (TPSA) is 184 Å². The third-order valence-electron chi connectivity index (χ3n) is 8.79. The Balaban J connectivity index is 1.26. The zero-order valence-electron chi connectivity index (χ0n) is 27.1. The summed E-state index contributed by atoms with van der Waals surface area (Å²) in [6.07, 6.45) is 2.39. The second kappa shape index (κ2) is 13.5. The normalized spacial score (nSPS) is 14.4. The summed E-state index contributed by atoms with van der Waals surface area (Å²) in [5, 5.41) is 27.3. The Labute approximate surface area is 294 Å². The maximum absolute atomic E-state index is 14.3. The Kier molecular flexibility index (Phi) is 8.95. The Morgan fingerprint density at radius 3 is 2.70 bits per heavy atom. The van der Waals surface area contributed by atoms with E-state index in [1.165, 1.54) is 28.2 Å². The van der Waals surface area contributed by atoms with Crippen molar-refractivity contribution in [3.05, 3.63) is 79.1 Å². The van der Waals surface area contributed by atoms with E-state index in [0.717, 1.165) is 21.7 Å². The fourth-order valence-electron chi connectivity index (χ4n) is 6.22. The maximum Gasteiger partial charge on any atom is 0.299 e. The lowest BCUT2D eigenvalue weighted by atomic mass is 10.1. The van der Waals surface area contributed by atoms with Gasteiger partial charge in [-0.15, -0.1) is 16.4 Å². The van der Waals surface area contributed by atoms with Crippen molar-refractivity contribution in [2.45, 2.75) is 39.8 Å². The molecule has 0 radical (unpaired) electrons. The number of nitriles is 1. The maximum atomic E-state index is 14.3. The van der Waals surface area contributed by atoms with E-state index in [0.29, 0.717) is 66.9 Å². The summed E-state index contributed by atoms with van der Waals surface area (Å²) in [6, 6.07) is 8.64. The molecule has 15 nitrogen and oxygen atoms in total. The van der Waals surface area contributed by atoms with Gasteiger partial charge in [0.15, 0.2) is 17.3 Å². The number of hydrogen-bond acceptors (Lipinski definition) is 12. The molecule has 1 aromatic carbocycles. The second-order valence-corrected chi connectivity index (χ2v) is 13.4. The van der Waals surface area contributed by atoms with Gasteiger partial charge >= 0.3 is 0 Å². The average Bonchev–Trinajstić information content (AvgIpc) is 3.77. The van der Waals surface area contributed by atoms with Crippen molar-refractivity contribution >= 4 is 51.9 Å². The summed E-state index contributed by atoms with van der Waals surface area (Å²) < 4.78 is 8.55. The summed E-state index contributed by atoms with van der Waals surface area (Å²) >= 11 is 7.87. The molecule has 2 amide bonds. The minimum Gasteiger partial charge on any atom is -0.504 e. The smallest absolute Gasteiger partial charge is 0.299 e. The lowest BCUT2D eigenvalue weighted by Crippen LogP contribution is -2.51. The van der Waals surface area contributed by atoms with Crippen molar-refractivity contribution in [3.8, 4) is 22.5 Å². The van der Waals surface area contributed by atoms with Gasteiger partial charge in [-0.1, -0.05) is 18.5 Å². The zero-order valence-corrected chi connectivity index (χ0v) is 28.7. The Bertz CT molecular complexity index is 2240. The van der Waals surface area contributed by atoms with E-state index in [9.17, 15) is 24.8 Å². The molecule has 2 aliphatic rings. The van der Waals surface area contributed by atoms with Crippen LogP contribution < -0.4 is 15.8 Å². The van der Waals surface area contributed by atoms with Gasteiger partial charge in [0.05, 0.1) is 51.8 Å². The minimum atomic E-state index is -0.431. The first-order chi connectivity index (χ1) is 24.2. The number of carbonyl (C=O) groups is 2. The first-order valence-corrected chi connectivity index (χ1v) is 17.1. The van der Waals surface area contributed by atoms with Crippen molar-refractivity contribution in [1.82, 2.24) is 34.0 Å². The highest BCUT2D eigenvalue weighted by atomic mass is 35.5. The number of halogens is 1. The number of anilines is 2. The highest BCUT2D eigenvalue weighted by molar-refractivity contribution is 7.15. The van der Waals surface area contributed by atoms with Crippen molar-refractivity contribution < 1.29 is 19.4 Å². The number of benzene rings is 1. The van der Waals surface area contributed by atoms with Crippen molar-refractivity contribution in [1.29, 1.82) is 5.26 Å². The second-order valence-electron chi connectivity index (χ2n) is 11.8. The fraction of sp³-hybridized carbons (Fsp3) is 0.333. The van der Waals surface area contributed by atoms with Crippen LogP contribution in [0.2, 0.25) is 5.02 Å². The Hall–Kier alpha value is -5.37. The van der Waals surface area contributed by atoms with E-state index in [1.807, 2.05) is 24.0 Å². The Morgan fingerprint density at radius 2 is 1.98 bits per heavy atom. The third kappa shape index (κ3) is 6.04. The lowest BCUT2D eigenvalue weighted by Gasteiger charge is -2.36. The molecule has 2 N–H and O–H groups in total. The number of hydrogen-bond donors (Lipinski definition) is 2. The van der Waals surface area contributed by atoms with E-state index in [1.54, 1.807) is 28.5 Å². The van der Waals surface area contributed by atoms with Gasteiger partial charge in [0.2, 0.25) is 11.7 Å². The summed E-state index contributed by atoms with van der Waals surface area (Å²) in [7, 11) is 0. The number of ether oxygens (including phenoxy) is 1. The van der Waals surface area contributed by atoms with Crippen LogP contribution in [0.3, 0.4) is 0 Å². The molecule has 17 heteroatoms. The van der Waals surface area contributed by atoms with Crippen LogP contribution in [-0.2, 0) is 35.5 Å². The predicted molar refractivity (Wildman–Crippen MR) is 185 cm³/mol. The van der Waals surface area contributed by atoms with Crippen molar-refractivity contribution in [2.75, 3.05) is 43.0 Å². The van der Waals surface area contributed by atoms with Crippen LogP contribution in [-0.4, -0.2) is 83.7 Å². The number of aryl methyl sites for hydroxylation is 1. The van der Waals surface area contributed by atoms with Crippen LogP contribution in [0.25, 0.3) is 16.5 Å². The van der Waals surface area contributed by atoms with Gasteiger partial charge < -0.3 is 29.5 Å². The van der Waals surface area contributed by atoms with Gasteiger partial charge in [-0.05, 0) is 49.6 Å². The molecule has 1 fully saturated rings. The number of aromatic hydroxyl groups is 1. The molecule has 6 heterocycles. The number of thiophene rings is 1. The van der Waals surface area contributed by atoms with Crippen LogP contribution in [0.5, 0.6) is 5.75 Å². The third-order valence-corrected chi connectivity index (χ3v) is 10.3. The number of fused-ring (bicyclic) bond motifs is 2. The van der Waals surface area contributed by atoms with Gasteiger partial charge in [0, 0.05) is 31.1 Å². The van der Waals surface area contributed by atoms with Gasteiger partial charge in [-0.3, -0.25) is 14.4 Å². The number of nitrogens with zero attached hydrogens (tertiary/aromatic N) is 9. The number of aromatic nitrogens is 6. The molecular weight excluding hydrogens is 684 g/mol. The van der Waals surface area contributed by atoms with Gasteiger partial charge in [-0.2, -0.15) is 14.8 Å². The van der Waals surface area contributed by atoms with Crippen LogP contribution in [0.15, 0.2) is 35.4 Å². The molecule has 0 unspecified atom stereocenters. The molecule has 0 spiro atoms. The quantitative estimate of drug-likeness (QED) is 0.252. The highest BCUT2D eigenvalue weighted by Crippen LogP contribution is 2.33. The monoisotopic (exact) mass is 714 g/mol. The molecule has 1 saturated heterocycles. The number of rotatable bonds is 7. The van der Waals surface area contributed by atoms with Gasteiger partial charge in [0.1, 0.15) is 18.6 Å². The molecule has 7 rings (SSSR count). The van der Waals surface area contributed by atoms with E-state index in [4.69, 9.17) is 21.3 Å². The SMILES string of the molecule is CCc1c(N2CCN(C(=O)c3ncnc(C)c3O)CC2)c(=O)n2nc(-c3cc4c(s3)COCC4)nc2n1CC(=O)Nc1ccc(C#N)cc1Cl. The molecular formula is C33H31ClN10O5S. The van der Waals surface area contributed by atoms with E-state index >= 15 is 0 Å². The molecule has 0 saturated carbocycles. The van der Waals surface area contributed by atoms with E-state index in [2.05, 4.69) is 20.4 Å². The van der Waals surface area contributed by atoms with Crippen LogP contribution in [0, 0.1) is 18.3 Å². The molecule has 50 heavy (non-hydrogen) atoms. The first-order valence-electron chi connectivity index (χ1n) is 15.9. The highest BCUT2D eigenvalue weighted by Gasteiger charge is 2.31. The largest absolute Gasteiger partial charge is 0.504 e. The fourth-order valence-corrected chi connectivity index (χ4v) is 7.52. The van der Waals surface area contributed by atoms with Crippen molar-refractivity contribution in [3.63, 3.8) is 0 Å². The molecule has 256 valence electrons. The summed E-state index contributed by atoms with van der Waals surface area (Å²) in [5.41, 5.74) is 2.62. The minimum absolute atomic E-state index is 0.0747. The predicted octanol–water partition coefficient (Wildman–Crippen LogP) is 3.18.